The summed E-state index contributed by atoms with van der Waals surface area (Å²) in [7, 11) is 0. The highest BCUT2D eigenvalue weighted by Gasteiger charge is 2.32. The minimum atomic E-state index is -0.811. The summed E-state index contributed by atoms with van der Waals surface area (Å²) in [4.78, 5) is 27.5. The molecule has 1 fully saturated rings. The number of carbonyl (C=O) groups is 2. The lowest BCUT2D eigenvalue weighted by molar-refractivity contribution is 0.0582. The van der Waals surface area contributed by atoms with E-state index in [0.717, 1.165) is 43.0 Å². The fourth-order valence-electron chi connectivity index (χ4n) is 4.50. The molecule has 3 aromatic rings. The summed E-state index contributed by atoms with van der Waals surface area (Å²) in [6, 6.07) is 17.7. The van der Waals surface area contributed by atoms with Gasteiger partial charge in [-0.2, -0.15) is 5.26 Å². The maximum absolute atomic E-state index is 13.8. The van der Waals surface area contributed by atoms with Crippen LogP contribution in [-0.4, -0.2) is 28.8 Å². The fraction of sp³-hybridized carbons (Fsp3) is 0.250. The molecule has 36 heavy (non-hydrogen) atoms. The second-order valence-corrected chi connectivity index (χ2v) is 8.95. The zero-order valence-electron chi connectivity index (χ0n) is 19.6. The maximum atomic E-state index is 13.8. The summed E-state index contributed by atoms with van der Waals surface area (Å²) in [5.74, 6) is -2.42. The number of nitrogens with zero attached hydrogens (tertiary/aromatic N) is 2. The lowest BCUT2D eigenvalue weighted by atomic mass is 9.89. The Balaban J connectivity index is 1.52. The van der Waals surface area contributed by atoms with Gasteiger partial charge in [0.15, 0.2) is 0 Å². The number of nitrogens with one attached hydrogen (secondary N) is 1. The molecule has 0 radical (unpaired) electrons. The van der Waals surface area contributed by atoms with Crippen molar-refractivity contribution in [1.29, 1.82) is 5.26 Å². The Hall–Kier alpha value is -4.09. The Bertz CT molecular complexity index is 1270. The van der Waals surface area contributed by atoms with Gasteiger partial charge in [0.05, 0.1) is 11.6 Å². The number of rotatable bonds is 6. The minimum Gasteiger partial charge on any atom is -0.330 e. The summed E-state index contributed by atoms with van der Waals surface area (Å²) in [5, 5.41) is 11.7. The number of halogens is 2. The SMILES string of the molecule is N#Cc1ccc(C(=O)Nc2ccc(CN(C(=O)c3cc(F)cc(F)c3)C3CCCCC3N)cc2)cc1. The molecule has 6 nitrogen and oxygen atoms in total. The first-order valence-electron chi connectivity index (χ1n) is 11.8. The van der Waals surface area contributed by atoms with Crippen molar-refractivity contribution in [2.75, 3.05) is 5.32 Å². The molecule has 1 saturated carbocycles. The summed E-state index contributed by atoms with van der Waals surface area (Å²) < 4.78 is 27.6. The third kappa shape index (κ3) is 5.93. The normalized spacial score (nSPS) is 17.2. The number of nitrogens with two attached hydrogens (primary N) is 1. The van der Waals surface area contributed by atoms with E-state index < -0.39 is 17.5 Å². The van der Waals surface area contributed by atoms with Crippen LogP contribution in [0.4, 0.5) is 14.5 Å². The van der Waals surface area contributed by atoms with E-state index in [1.807, 2.05) is 6.07 Å². The second kappa shape index (κ2) is 11.1. The first kappa shape index (κ1) is 25.0. The number of carbonyl (C=O) groups excluding carboxylic acids is 2. The van der Waals surface area contributed by atoms with E-state index in [1.165, 1.54) is 0 Å². The molecule has 1 aliphatic rings. The first-order valence-corrected chi connectivity index (χ1v) is 11.8. The van der Waals surface area contributed by atoms with Crippen LogP contribution in [0.2, 0.25) is 0 Å². The van der Waals surface area contributed by atoms with Crippen LogP contribution in [0.1, 0.15) is 57.5 Å². The lowest BCUT2D eigenvalue weighted by Crippen LogP contribution is -2.51. The van der Waals surface area contributed by atoms with Gasteiger partial charge >= 0.3 is 0 Å². The van der Waals surface area contributed by atoms with Crippen molar-refractivity contribution in [3.05, 3.63) is 101 Å². The summed E-state index contributed by atoms with van der Waals surface area (Å²) in [5.41, 5.74) is 8.53. The molecule has 0 aliphatic heterocycles. The van der Waals surface area contributed by atoms with Gasteiger partial charge in [-0.05, 0) is 66.9 Å². The van der Waals surface area contributed by atoms with Crippen LogP contribution >= 0.6 is 0 Å². The Morgan fingerprint density at radius 3 is 2.19 bits per heavy atom. The number of hydrogen-bond acceptors (Lipinski definition) is 4. The van der Waals surface area contributed by atoms with Crippen LogP contribution in [0.15, 0.2) is 66.7 Å². The van der Waals surface area contributed by atoms with Crippen molar-refractivity contribution in [3.63, 3.8) is 0 Å². The maximum Gasteiger partial charge on any atom is 0.255 e. The van der Waals surface area contributed by atoms with Gasteiger partial charge < -0.3 is 16.0 Å². The summed E-state index contributed by atoms with van der Waals surface area (Å²) in [6.45, 7) is 0.208. The van der Waals surface area contributed by atoms with Crippen LogP contribution in [0.25, 0.3) is 0 Å². The smallest absolute Gasteiger partial charge is 0.255 e. The van der Waals surface area contributed by atoms with Crippen molar-refractivity contribution in [2.45, 2.75) is 44.3 Å². The van der Waals surface area contributed by atoms with Gasteiger partial charge in [0.1, 0.15) is 11.6 Å². The molecule has 0 bridgehead atoms. The van der Waals surface area contributed by atoms with E-state index in [-0.39, 0.29) is 30.1 Å². The molecule has 3 aromatic carbocycles. The van der Waals surface area contributed by atoms with E-state index in [9.17, 15) is 18.4 Å². The molecular weight excluding hydrogens is 462 g/mol. The van der Waals surface area contributed by atoms with E-state index in [0.29, 0.717) is 23.2 Å². The van der Waals surface area contributed by atoms with E-state index in [4.69, 9.17) is 11.0 Å². The highest BCUT2D eigenvalue weighted by atomic mass is 19.1. The molecule has 8 heteroatoms. The molecule has 0 spiro atoms. The molecule has 3 N–H and O–H groups in total. The van der Waals surface area contributed by atoms with Crippen LogP contribution in [0, 0.1) is 23.0 Å². The number of nitriles is 1. The quantitative estimate of drug-likeness (QED) is 0.510. The Labute approximate surface area is 208 Å². The van der Waals surface area contributed by atoms with Gasteiger partial charge in [-0.15, -0.1) is 0 Å². The van der Waals surface area contributed by atoms with Gasteiger partial charge in [-0.1, -0.05) is 25.0 Å². The first-order chi connectivity index (χ1) is 17.3. The molecule has 4 rings (SSSR count). The van der Waals surface area contributed by atoms with Crippen LogP contribution in [0.3, 0.4) is 0 Å². The molecule has 2 atom stereocenters. The van der Waals surface area contributed by atoms with Crippen molar-refractivity contribution in [2.24, 2.45) is 5.73 Å². The standard InChI is InChI=1S/C28H26F2N4O2/c29-22-13-21(14-23(30)15-22)28(36)34(26-4-2-1-3-25(26)32)17-19-7-11-24(12-8-19)33-27(35)20-9-5-18(16-31)6-10-20/h5-15,25-26H,1-4,17,32H2,(H,33,35). The predicted octanol–water partition coefficient (Wildman–Crippen LogP) is 5.00. The average Bonchev–Trinajstić information content (AvgIpc) is 2.88. The average molecular weight is 489 g/mol. The van der Waals surface area contributed by atoms with Gasteiger partial charge in [-0.25, -0.2) is 8.78 Å². The zero-order chi connectivity index (χ0) is 25.7. The van der Waals surface area contributed by atoms with E-state index >= 15 is 0 Å². The van der Waals surface area contributed by atoms with Gasteiger partial charge in [0.25, 0.3) is 11.8 Å². The fourth-order valence-corrected chi connectivity index (χ4v) is 4.50. The minimum absolute atomic E-state index is 0.0587. The summed E-state index contributed by atoms with van der Waals surface area (Å²) >= 11 is 0. The third-order valence-corrected chi connectivity index (χ3v) is 6.39. The molecule has 0 heterocycles. The van der Waals surface area contributed by atoms with Gasteiger partial charge in [-0.3, -0.25) is 9.59 Å². The highest BCUT2D eigenvalue weighted by Crippen LogP contribution is 2.26. The monoisotopic (exact) mass is 488 g/mol. The Kier molecular flexibility index (Phi) is 7.71. The Morgan fingerprint density at radius 2 is 1.58 bits per heavy atom. The van der Waals surface area contributed by atoms with Gasteiger partial charge in [0, 0.05) is 41.5 Å². The molecular formula is C28H26F2N4O2. The van der Waals surface area contributed by atoms with E-state index in [1.54, 1.807) is 53.4 Å². The molecule has 0 aromatic heterocycles. The predicted molar refractivity (Wildman–Crippen MR) is 132 cm³/mol. The number of hydrogen-bond donors (Lipinski definition) is 2. The molecule has 0 saturated heterocycles. The molecule has 184 valence electrons. The Morgan fingerprint density at radius 1 is 0.944 bits per heavy atom. The molecule has 2 amide bonds. The van der Waals surface area contributed by atoms with Crippen molar-refractivity contribution in [3.8, 4) is 6.07 Å². The van der Waals surface area contributed by atoms with Crippen LogP contribution in [0.5, 0.6) is 0 Å². The van der Waals surface area contributed by atoms with Crippen LogP contribution < -0.4 is 11.1 Å². The zero-order valence-corrected chi connectivity index (χ0v) is 19.6. The van der Waals surface area contributed by atoms with Crippen LogP contribution in [-0.2, 0) is 6.54 Å². The lowest BCUT2D eigenvalue weighted by Gasteiger charge is -2.38. The second-order valence-electron chi connectivity index (χ2n) is 8.95. The topological polar surface area (TPSA) is 99.2 Å². The highest BCUT2D eigenvalue weighted by molar-refractivity contribution is 6.04. The molecule has 2 unspecified atom stereocenters. The van der Waals surface area contributed by atoms with Crippen molar-refractivity contribution in [1.82, 2.24) is 4.90 Å². The number of anilines is 1. The van der Waals surface area contributed by atoms with E-state index in [2.05, 4.69) is 5.32 Å². The summed E-state index contributed by atoms with van der Waals surface area (Å²) in [6.07, 6.45) is 3.37. The number of amides is 2. The molecule has 1 aliphatic carbocycles. The largest absolute Gasteiger partial charge is 0.330 e. The van der Waals surface area contributed by atoms with Gasteiger partial charge in [0.2, 0.25) is 0 Å². The third-order valence-electron chi connectivity index (χ3n) is 6.39. The van der Waals surface area contributed by atoms with Crippen molar-refractivity contribution < 1.29 is 18.4 Å². The number of benzene rings is 3. The van der Waals surface area contributed by atoms with Crippen molar-refractivity contribution >= 4 is 17.5 Å².